The Kier molecular flexibility index (Phi) is 4.33. The summed E-state index contributed by atoms with van der Waals surface area (Å²) in [7, 11) is 3.13. The van der Waals surface area contributed by atoms with Gasteiger partial charge in [-0.15, -0.1) is 0 Å². The maximum absolute atomic E-state index is 12.0. The number of hydrogen-bond donors (Lipinski definition) is 2. The fourth-order valence-corrected chi connectivity index (χ4v) is 1.71. The first-order chi connectivity index (χ1) is 10.0. The lowest BCUT2D eigenvalue weighted by atomic mass is 10.1. The van der Waals surface area contributed by atoms with E-state index in [4.69, 9.17) is 9.26 Å². The molecule has 1 atom stereocenters. The summed E-state index contributed by atoms with van der Waals surface area (Å²) in [6, 6.07) is 0.176. The van der Waals surface area contributed by atoms with Crippen LogP contribution >= 0.6 is 0 Å². The molecule has 0 spiro atoms. The van der Waals surface area contributed by atoms with Crippen molar-refractivity contribution in [1.29, 1.82) is 0 Å². The molecule has 112 valence electrons. The smallest absolute Gasteiger partial charge is 0.331 e. The van der Waals surface area contributed by atoms with E-state index in [-0.39, 0.29) is 12.3 Å². The molecule has 1 unspecified atom stereocenters. The molecule has 0 aliphatic carbocycles. The van der Waals surface area contributed by atoms with Crippen LogP contribution in [0, 0.1) is 0 Å². The summed E-state index contributed by atoms with van der Waals surface area (Å²) in [5.41, 5.74) is 0.344. The summed E-state index contributed by atoms with van der Waals surface area (Å²) in [5.74, 6) is -1.48. The topological polar surface area (TPSA) is 119 Å². The highest BCUT2D eigenvalue weighted by Gasteiger charge is 2.25. The van der Waals surface area contributed by atoms with Gasteiger partial charge in [0.2, 0.25) is 0 Å². The summed E-state index contributed by atoms with van der Waals surface area (Å²) in [5, 5.41) is 19.0. The van der Waals surface area contributed by atoms with Gasteiger partial charge in [-0.25, -0.2) is 4.79 Å². The first kappa shape index (κ1) is 14.7. The number of carboxylic acids is 1. The van der Waals surface area contributed by atoms with Crippen LogP contribution in [0.4, 0.5) is 0 Å². The second-order valence-electron chi connectivity index (χ2n) is 4.30. The highest BCUT2D eigenvalue weighted by atomic mass is 16.5. The van der Waals surface area contributed by atoms with Gasteiger partial charge in [-0.2, -0.15) is 5.10 Å². The number of carbonyl (C=O) groups is 2. The standard InChI is InChI=1S/C12H14N4O5/c1-16-5-7(4-13-16)10(12(18)19)14-11(17)9-3-8(6-20-2)21-15-9/h3-5,10H,6H2,1-2H3,(H,14,17)(H,18,19). The minimum Gasteiger partial charge on any atom is -0.479 e. The van der Waals surface area contributed by atoms with E-state index in [1.165, 1.54) is 30.3 Å². The van der Waals surface area contributed by atoms with E-state index in [1.54, 1.807) is 7.05 Å². The van der Waals surface area contributed by atoms with Crippen LogP contribution in [-0.4, -0.2) is 39.0 Å². The molecule has 0 radical (unpaired) electrons. The van der Waals surface area contributed by atoms with Gasteiger partial charge in [0.15, 0.2) is 17.5 Å². The first-order valence-corrected chi connectivity index (χ1v) is 5.98. The normalized spacial score (nSPS) is 12.1. The van der Waals surface area contributed by atoms with Gasteiger partial charge < -0.3 is 19.7 Å². The van der Waals surface area contributed by atoms with Crippen LogP contribution in [0.25, 0.3) is 0 Å². The minimum atomic E-state index is -1.21. The average molecular weight is 294 g/mol. The van der Waals surface area contributed by atoms with Gasteiger partial charge in [-0.1, -0.05) is 5.16 Å². The Hall–Kier alpha value is -2.68. The highest BCUT2D eigenvalue weighted by Crippen LogP contribution is 2.13. The van der Waals surface area contributed by atoms with Crippen molar-refractivity contribution >= 4 is 11.9 Å². The Morgan fingerprint density at radius 3 is 2.90 bits per heavy atom. The molecule has 21 heavy (non-hydrogen) atoms. The number of carbonyl (C=O) groups excluding carboxylic acids is 1. The van der Waals surface area contributed by atoms with E-state index in [0.29, 0.717) is 11.3 Å². The number of ether oxygens (including phenoxy) is 1. The summed E-state index contributed by atoms with van der Waals surface area (Å²) in [6.07, 6.45) is 2.89. The van der Waals surface area contributed by atoms with E-state index >= 15 is 0 Å². The molecular formula is C12H14N4O5. The van der Waals surface area contributed by atoms with Crippen molar-refractivity contribution in [1.82, 2.24) is 20.3 Å². The van der Waals surface area contributed by atoms with Crippen molar-refractivity contribution in [3.63, 3.8) is 0 Å². The average Bonchev–Trinajstić information content (AvgIpc) is 3.05. The first-order valence-electron chi connectivity index (χ1n) is 5.98. The van der Waals surface area contributed by atoms with Crippen molar-refractivity contribution < 1.29 is 24.0 Å². The molecule has 1 amide bonds. The number of hydrogen-bond acceptors (Lipinski definition) is 6. The number of aryl methyl sites for hydroxylation is 1. The molecule has 0 aliphatic heterocycles. The van der Waals surface area contributed by atoms with Crippen LogP contribution in [0.2, 0.25) is 0 Å². The van der Waals surface area contributed by atoms with E-state index in [1.807, 2.05) is 0 Å². The number of carboxylic acid groups (broad SMARTS) is 1. The van der Waals surface area contributed by atoms with Crippen LogP contribution in [0.1, 0.15) is 27.9 Å². The molecule has 0 aromatic carbocycles. The van der Waals surface area contributed by atoms with Crippen molar-refractivity contribution in [3.8, 4) is 0 Å². The van der Waals surface area contributed by atoms with Gasteiger partial charge in [0.25, 0.3) is 5.91 Å². The van der Waals surface area contributed by atoms with E-state index < -0.39 is 17.9 Å². The molecular weight excluding hydrogens is 280 g/mol. The summed E-state index contributed by atoms with van der Waals surface area (Å²) in [6.45, 7) is 0.172. The Morgan fingerprint density at radius 2 is 2.33 bits per heavy atom. The molecule has 2 aromatic heterocycles. The Balaban J connectivity index is 2.12. The maximum Gasteiger partial charge on any atom is 0.331 e. The summed E-state index contributed by atoms with van der Waals surface area (Å²) >= 11 is 0. The van der Waals surface area contributed by atoms with Crippen LogP contribution < -0.4 is 5.32 Å². The number of amides is 1. The molecule has 2 N–H and O–H groups in total. The molecule has 2 rings (SSSR count). The van der Waals surface area contributed by atoms with Crippen LogP contribution in [0.5, 0.6) is 0 Å². The third-order valence-electron chi connectivity index (χ3n) is 2.66. The third-order valence-corrected chi connectivity index (χ3v) is 2.66. The predicted octanol–water partition coefficient (Wildman–Crippen LogP) is 0.110. The monoisotopic (exact) mass is 294 g/mol. The highest BCUT2D eigenvalue weighted by molar-refractivity contribution is 5.95. The number of aromatic nitrogens is 3. The fraction of sp³-hybridized carbons (Fsp3) is 0.333. The second-order valence-corrected chi connectivity index (χ2v) is 4.30. The Labute approximate surface area is 119 Å². The Bertz CT molecular complexity index is 648. The zero-order chi connectivity index (χ0) is 15.4. The molecule has 9 nitrogen and oxygen atoms in total. The lowest BCUT2D eigenvalue weighted by molar-refractivity contribution is -0.139. The van der Waals surface area contributed by atoms with Crippen LogP contribution in [0.15, 0.2) is 23.0 Å². The molecule has 0 saturated heterocycles. The van der Waals surface area contributed by atoms with Crippen molar-refractivity contribution in [2.24, 2.45) is 7.05 Å². The van der Waals surface area contributed by atoms with Gasteiger partial charge in [0.05, 0.1) is 6.20 Å². The molecule has 0 saturated carbocycles. The van der Waals surface area contributed by atoms with E-state index in [2.05, 4.69) is 15.6 Å². The zero-order valence-corrected chi connectivity index (χ0v) is 11.4. The lowest BCUT2D eigenvalue weighted by Crippen LogP contribution is -2.33. The Morgan fingerprint density at radius 1 is 1.57 bits per heavy atom. The SMILES string of the molecule is COCc1cc(C(=O)NC(C(=O)O)c2cnn(C)c2)no1. The van der Waals surface area contributed by atoms with Crippen LogP contribution in [-0.2, 0) is 23.2 Å². The van der Waals surface area contributed by atoms with Gasteiger partial charge >= 0.3 is 5.97 Å². The third kappa shape index (κ3) is 3.45. The molecule has 0 fully saturated rings. The van der Waals surface area contributed by atoms with Gasteiger partial charge in [-0.05, 0) is 0 Å². The number of methoxy groups -OCH3 is 1. The quantitative estimate of drug-likeness (QED) is 0.775. The zero-order valence-electron chi connectivity index (χ0n) is 11.4. The predicted molar refractivity (Wildman–Crippen MR) is 68.3 cm³/mol. The minimum absolute atomic E-state index is 0.0165. The number of aliphatic carboxylic acids is 1. The fourth-order valence-electron chi connectivity index (χ4n) is 1.71. The summed E-state index contributed by atoms with van der Waals surface area (Å²) < 4.78 is 11.2. The van der Waals surface area contributed by atoms with Crippen LogP contribution in [0.3, 0.4) is 0 Å². The largest absolute Gasteiger partial charge is 0.479 e. The lowest BCUT2D eigenvalue weighted by Gasteiger charge is -2.11. The maximum atomic E-state index is 12.0. The molecule has 2 aromatic rings. The molecule has 0 aliphatic rings. The van der Waals surface area contributed by atoms with Crippen molar-refractivity contribution in [3.05, 3.63) is 35.5 Å². The number of nitrogens with one attached hydrogen (secondary N) is 1. The number of nitrogens with zero attached hydrogens (tertiary/aromatic N) is 3. The second kappa shape index (κ2) is 6.18. The van der Waals surface area contributed by atoms with Crippen molar-refractivity contribution in [2.75, 3.05) is 7.11 Å². The number of rotatable bonds is 6. The molecule has 9 heteroatoms. The van der Waals surface area contributed by atoms with Gasteiger partial charge in [0.1, 0.15) is 6.61 Å². The van der Waals surface area contributed by atoms with Gasteiger partial charge in [-0.3, -0.25) is 9.48 Å². The van der Waals surface area contributed by atoms with E-state index in [0.717, 1.165) is 0 Å². The molecule has 0 bridgehead atoms. The summed E-state index contributed by atoms with van der Waals surface area (Å²) in [4.78, 5) is 23.3. The van der Waals surface area contributed by atoms with Crippen molar-refractivity contribution in [2.45, 2.75) is 12.6 Å². The van der Waals surface area contributed by atoms with E-state index in [9.17, 15) is 14.7 Å². The van der Waals surface area contributed by atoms with Gasteiger partial charge in [0, 0.05) is 32.0 Å². The molecule has 2 heterocycles.